The Balaban J connectivity index is 1.66. The number of halogens is 1. The number of nitrogens with one attached hydrogen (secondary N) is 1. The predicted molar refractivity (Wildman–Crippen MR) is 103 cm³/mol. The summed E-state index contributed by atoms with van der Waals surface area (Å²) in [7, 11) is 0. The fourth-order valence-corrected chi connectivity index (χ4v) is 3.04. The summed E-state index contributed by atoms with van der Waals surface area (Å²) >= 11 is 5.89. The predicted octanol–water partition coefficient (Wildman–Crippen LogP) is 4.12. The van der Waals surface area contributed by atoms with Gasteiger partial charge in [-0.25, -0.2) is 0 Å². The van der Waals surface area contributed by atoms with Crippen molar-refractivity contribution in [1.82, 2.24) is 0 Å². The molecule has 0 saturated carbocycles. The summed E-state index contributed by atoms with van der Waals surface area (Å²) in [5.41, 5.74) is 1.41. The van der Waals surface area contributed by atoms with Crippen LogP contribution in [0.4, 0.5) is 11.4 Å². The molecular weight excluding hydrogens is 352 g/mol. The molecule has 2 aromatic rings. The van der Waals surface area contributed by atoms with Crippen LogP contribution in [0, 0.1) is 5.92 Å². The van der Waals surface area contributed by atoms with Gasteiger partial charge in [-0.1, -0.05) is 17.7 Å². The Hall–Kier alpha value is -2.53. The number of rotatable bonds is 5. The van der Waals surface area contributed by atoms with Gasteiger partial charge in [-0.05, 0) is 50.2 Å². The van der Waals surface area contributed by atoms with Crippen LogP contribution in [0.5, 0.6) is 5.75 Å². The summed E-state index contributed by atoms with van der Waals surface area (Å²) in [6.07, 6.45) is 0.248. The van der Waals surface area contributed by atoms with Crippen LogP contribution in [-0.4, -0.2) is 24.5 Å². The second kappa shape index (κ2) is 7.79. The largest absolute Gasteiger partial charge is 0.491 e. The second-order valence-corrected chi connectivity index (χ2v) is 7.00. The first-order chi connectivity index (χ1) is 12.4. The molecule has 0 spiro atoms. The summed E-state index contributed by atoms with van der Waals surface area (Å²) < 4.78 is 5.64. The molecule has 0 radical (unpaired) electrons. The number of carbonyl (C=O) groups excluding carboxylic acids is 2. The van der Waals surface area contributed by atoms with Crippen molar-refractivity contribution in [3.8, 4) is 5.75 Å². The standard InChI is InChI=1S/C20H21ClN2O3/c1-13(2)26-18-5-3-4-16(11-18)22-20(25)14-10-19(24)23(12-14)17-8-6-15(21)7-9-17/h3-9,11,13-14H,10,12H2,1-2H3,(H,22,25)/t14-/m1/s1. The summed E-state index contributed by atoms with van der Waals surface area (Å²) in [5.74, 6) is 0.0665. The van der Waals surface area contributed by atoms with Crippen molar-refractivity contribution < 1.29 is 14.3 Å². The van der Waals surface area contributed by atoms with E-state index >= 15 is 0 Å². The minimum absolute atomic E-state index is 0.0568. The third kappa shape index (κ3) is 4.35. The summed E-state index contributed by atoms with van der Waals surface area (Å²) in [6, 6.07) is 14.3. The molecule has 1 atom stereocenters. The van der Waals surface area contributed by atoms with E-state index in [1.807, 2.05) is 26.0 Å². The molecule has 1 aliphatic heterocycles. The van der Waals surface area contributed by atoms with Crippen LogP contribution >= 0.6 is 11.6 Å². The van der Waals surface area contributed by atoms with E-state index in [9.17, 15) is 9.59 Å². The molecule has 1 N–H and O–H groups in total. The number of carbonyl (C=O) groups is 2. The Kier molecular flexibility index (Phi) is 5.47. The van der Waals surface area contributed by atoms with Crippen LogP contribution in [0.3, 0.4) is 0 Å². The third-order valence-corrected chi connectivity index (χ3v) is 4.36. The van der Waals surface area contributed by atoms with Crippen molar-refractivity contribution in [2.45, 2.75) is 26.4 Å². The van der Waals surface area contributed by atoms with Gasteiger partial charge in [-0.15, -0.1) is 0 Å². The zero-order valence-electron chi connectivity index (χ0n) is 14.7. The van der Waals surface area contributed by atoms with E-state index < -0.39 is 5.92 Å². The van der Waals surface area contributed by atoms with Crippen LogP contribution in [-0.2, 0) is 9.59 Å². The molecule has 1 fully saturated rings. The lowest BCUT2D eigenvalue weighted by molar-refractivity contribution is -0.122. The highest BCUT2D eigenvalue weighted by Gasteiger charge is 2.35. The van der Waals surface area contributed by atoms with Gasteiger partial charge in [0.25, 0.3) is 0 Å². The fourth-order valence-electron chi connectivity index (χ4n) is 2.92. The van der Waals surface area contributed by atoms with E-state index in [-0.39, 0.29) is 24.3 Å². The lowest BCUT2D eigenvalue weighted by atomic mass is 10.1. The van der Waals surface area contributed by atoms with Gasteiger partial charge in [-0.2, -0.15) is 0 Å². The average molecular weight is 373 g/mol. The molecule has 1 aliphatic rings. The molecular formula is C20H21ClN2O3. The van der Waals surface area contributed by atoms with E-state index in [0.717, 1.165) is 5.69 Å². The molecule has 0 unspecified atom stereocenters. The minimum atomic E-state index is -0.396. The molecule has 2 aromatic carbocycles. The fraction of sp³-hybridized carbons (Fsp3) is 0.300. The number of hydrogen-bond acceptors (Lipinski definition) is 3. The molecule has 1 saturated heterocycles. The zero-order valence-corrected chi connectivity index (χ0v) is 15.5. The van der Waals surface area contributed by atoms with Gasteiger partial charge in [0.1, 0.15) is 5.75 Å². The number of nitrogens with zero attached hydrogens (tertiary/aromatic N) is 1. The molecule has 0 aromatic heterocycles. The molecule has 5 nitrogen and oxygen atoms in total. The number of benzene rings is 2. The number of amides is 2. The van der Waals surface area contributed by atoms with Crippen LogP contribution in [0.25, 0.3) is 0 Å². The maximum absolute atomic E-state index is 12.6. The van der Waals surface area contributed by atoms with Gasteiger partial charge in [0.05, 0.1) is 12.0 Å². The third-order valence-electron chi connectivity index (χ3n) is 4.11. The van der Waals surface area contributed by atoms with Crippen molar-refractivity contribution in [1.29, 1.82) is 0 Å². The molecule has 1 heterocycles. The summed E-state index contributed by atoms with van der Waals surface area (Å²) in [6.45, 7) is 4.25. The van der Waals surface area contributed by atoms with Crippen LogP contribution in [0.1, 0.15) is 20.3 Å². The molecule has 6 heteroatoms. The maximum atomic E-state index is 12.6. The molecule has 2 amide bonds. The topological polar surface area (TPSA) is 58.6 Å². The van der Waals surface area contributed by atoms with Gasteiger partial charge >= 0.3 is 0 Å². The van der Waals surface area contributed by atoms with Gasteiger partial charge in [0.15, 0.2) is 0 Å². The number of hydrogen-bond donors (Lipinski definition) is 1. The molecule has 0 bridgehead atoms. The van der Waals surface area contributed by atoms with E-state index in [0.29, 0.717) is 23.0 Å². The highest BCUT2D eigenvalue weighted by atomic mass is 35.5. The Morgan fingerprint density at radius 1 is 1.23 bits per heavy atom. The van der Waals surface area contributed by atoms with Crippen molar-refractivity contribution in [2.75, 3.05) is 16.8 Å². The lowest BCUT2D eigenvalue weighted by Gasteiger charge is -2.17. The van der Waals surface area contributed by atoms with Crippen molar-refractivity contribution in [2.24, 2.45) is 5.92 Å². The van der Waals surface area contributed by atoms with E-state index in [4.69, 9.17) is 16.3 Å². The first-order valence-electron chi connectivity index (χ1n) is 8.56. The Labute approximate surface area is 157 Å². The molecule has 3 rings (SSSR count). The summed E-state index contributed by atoms with van der Waals surface area (Å²) in [4.78, 5) is 26.5. The normalized spacial score (nSPS) is 16.8. The lowest BCUT2D eigenvalue weighted by Crippen LogP contribution is -2.28. The SMILES string of the molecule is CC(C)Oc1cccc(NC(=O)[C@@H]2CC(=O)N(c3ccc(Cl)cc3)C2)c1. The number of anilines is 2. The van der Waals surface area contributed by atoms with Crippen molar-refractivity contribution in [3.05, 3.63) is 53.6 Å². The highest BCUT2D eigenvalue weighted by Crippen LogP contribution is 2.27. The second-order valence-electron chi connectivity index (χ2n) is 6.57. The van der Waals surface area contributed by atoms with E-state index in [1.54, 1.807) is 41.3 Å². The van der Waals surface area contributed by atoms with Gasteiger partial charge in [0.2, 0.25) is 11.8 Å². The highest BCUT2D eigenvalue weighted by molar-refractivity contribution is 6.30. The maximum Gasteiger partial charge on any atom is 0.229 e. The summed E-state index contributed by atoms with van der Waals surface area (Å²) in [5, 5.41) is 3.49. The van der Waals surface area contributed by atoms with Crippen LogP contribution in [0.15, 0.2) is 48.5 Å². The van der Waals surface area contributed by atoms with E-state index in [2.05, 4.69) is 5.32 Å². The van der Waals surface area contributed by atoms with Gasteiger partial charge < -0.3 is 15.0 Å². The molecule has 0 aliphatic carbocycles. The van der Waals surface area contributed by atoms with Gasteiger partial charge in [0, 0.05) is 35.4 Å². The Bertz CT molecular complexity index is 805. The first kappa shape index (κ1) is 18.3. The van der Waals surface area contributed by atoms with Crippen LogP contribution in [0.2, 0.25) is 5.02 Å². The first-order valence-corrected chi connectivity index (χ1v) is 8.93. The van der Waals surface area contributed by atoms with Gasteiger partial charge in [-0.3, -0.25) is 9.59 Å². The quantitative estimate of drug-likeness (QED) is 0.858. The molecule has 136 valence electrons. The zero-order chi connectivity index (χ0) is 18.7. The average Bonchev–Trinajstić information content (AvgIpc) is 2.97. The van der Waals surface area contributed by atoms with Crippen LogP contribution < -0.4 is 15.0 Å². The number of ether oxygens (including phenoxy) is 1. The van der Waals surface area contributed by atoms with Crippen molar-refractivity contribution in [3.63, 3.8) is 0 Å². The minimum Gasteiger partial charge on any atom is -0.491 e. The Morgan fingerprint density at radius 3 is 2.65 bits per heavy atom. The monoisotopic (exact) mass is 372 g/mol. The van der Waals surface area contributed by atoms with Crippen molar-refractivity contribution >= 4 is 34.8 Å². The molecule has 26 heavy (non-hydrogen) atoms. The van der Waals surface area contributed by atoms with E-state index in [1.165, 1.54) is 0 Å². The smallest absolute Gasteiger partial charge is 0.229 e. The Morgan fingerprint density at radius 2 is 1.96 bits per heavy atom.